The third kappa shape index (κ3) is 4.29. The molecule has 0 saturated carbocycles. The predicted octanol–water partition coefficient (Wildman–Crippen LogP) is 3.42. The molecule has 1 unspecified atom stereocenters. The first kappa shape index (κ1) is 17.3. The summed E-state index contributed by atoms with van der Waals surface area (Å²) in [5.41, 5.74) is 0.778. The maximum atomic E-state index is 12.9. The monoisotopic (exact) mass is 330 g/mol. The lowest BCUT2D eigenvalue weighted by Crippen LogP contribution is -2.42. The van der Waals surface area contributed by atoms with E-state index in [-0.39, 0.29) is 5.91 Å². The second-order valence-electron chi connectivity index (χ2n) is 7.53. The van der Waals surface area contributed by atoms with Crippen LogP contribution in [0, 0.1) is 5.92 Å². The van der Waals surface area contributed by atoms with Gasteiger partial charge in [-0.15, -0.1) is 0 Å². The van der Waals surface area contributed by atoms with Crippen LogP contribution in [0.3, 0.4) is 0 Å². The number of carbonyl (C=O) groups is 1. The first-order valence-electron chi connectivity index (χ1n) is 9.39. The van der Waals surface area contributed by atoms with Crippen LogP contribution in [-0.4, -0.2) is 54.5 Å². The highest BCUT2D eigenvalue weighted by atomic mass is 16.5. The first-order valence-corrected chi connectivity index (χ1v) is 9.39. The molecule has 0 spiro atoms. The van der Waals surface area contributed by atoms with Gasteiger partial charge in [-0.05, 0) is 69.0 Å². The molecule has 1 amide bonds. The molecular formula is C20H30N2O2. The lowest BCUT2D eigenvalue weighted by Gasteiger charge is -2.28. The molecule has 4 heteroatoms. The van der Waals surface area contributed by atoms with Gasteiger partial charge in [0, 0.05) is 24.7 Å². The van der Waals surface area contributed by atoms with E-state index in [1.807, 2.05) is 24.3 Å². The van der Waals surface area contributed by atoms with Gasteiger partial charge in [0.05, 0.1) is 6.61 Å². The van der Waals surface area contributed by atoms with E-state index in [0.717, 1.165) is 37.2 Å². The van der Waals surface area contributed by atoms with Crippen LogP contribution in [0.1, 0.15) is 49.9 Å². The molecule has 2 fully saturated rings. The highest BCUT2D eigenvalue weighted by molar-refractivity contribution is 5.94. The number of nitrogens with zero attached hydrogens (tertiary/aromatic N) is 2. The predicted molar refractivity (Wildman–Crippen MR) is 96.5 cm³/mol. The van der Waals surface area contributed by atoms with E-state index in [2.05, 4.69) is 23.6 Å². The van der Waals surface area contributed by atoms with E-state index in [4.69, 9.17) is 4.74 Å². The molecule has 24 heavy (non-hydrogen) atoms. The Morgan fingerprint density at radius 2 is 1.83 bits per heavy atom. The van der Waals surface area contributed by atoms with Crippen LogP contribution in [0.15, 0.2) is 24.3 Å². The zero-order chi connectivity index (χ0) is 16.9. The Balaban J connectivity index is 1.59. The fourth-order valence-electron chi connectivity index (χ4n) is 3.68. The van der Waals surface area contributed by atoms with E-state index in [1.165, 1.54) is 25.9 Å². The Bertz CT molecular complexity index is 535. The van der Waals surface area contributed by atoms with E-state index >= 15 is 0 Å². The summed E-state index contributed by atoms with van der Waals surface area (Å²) >= 11 is 0. The van der Waals surface area contributed by atoms with Crippen LogP contribution < -0.4 is 4.74 Å². The summed E-state index contributed by atoms with van der Waals surface area (Å²) in [5, 5.41) is 0. The Morgan fingerprint density at radius 1 is 1.12 bits per heavy atom. The van der Waals surface area contributed by atoms with Gasteiger partial charge < -0.3 is 14.5 Å². The summed E-state index contributed by atoms with van der Waals surface area (Å²) in [4.78, 5) is 17.5. The molecule has 2 aliphatic rings. The maximum Gasteiger partial charge on any atom is 0.254 e. The molecule has 2 heterocycles. The molecule has 1 aromatic carbocycles. The fraction of sp³-hybridized carbons (Fsp3) is 0.650. The zero-order valence-corrected chi connectivity index (χ0v) is 15.0. The quantitative estimate of drug-likeness (QED) is 0.801. The van der Waals surface area contributed by atoms with Crippen LogP contribution in [-0.2, 0) is 0 Å². The van der Waals surface area contributed by atoms with Crippen molar-refractivity contribution in [3.05, 3.63) is 29.8 Å². The fourth-order valence-corrected chi connectivity index (χ4v) is 3.68. The Kier molecular flexibility index (Phi) is 5.77. The van der Waals surface area contributed by atoms with Crippen molar-refractivity contribution in [2.24, 2.45) is 5.92 Å². The van der Waals surface area contributed by atoms with Crippen LogP contribution in [0.4, 0.5) is 0 Å². The minimum Gasteiger partial charge on any atom is -0.493 e. The van der Waals surface area contributed by atoms with Gasteiger partial charge in [0.2, 0.25) is 0 Å². The van der Waals surface area contributed by atoms with Crippen molar-refractivity contribution in [3.63, 3.8) is 0 Å². The van der Waals surface area contributed by atoms with E-state index in [0.29, 0.717) is 18.6 Å². The van der Waals surface area contributed by atoms with E-state index in [9.17, 15) is 4.79 Å². The van der Waals surface area contributed by atoms with Gasteiger partial charge in [0.25, 0.3) is 5.91 Å². The number of ether oxygens (including phenoxy) is 1. The molecule has 0 aliphatic carbocycles. The van der Waals surface area contributed by atoms with Gasteiger partial charge in [-0.2, -0.15) is 0 Å². The summed E-state index contributed by atoms with van der Waals surface area (Å²) in [6.45, 7) is 9.29. The number of rotatable bonds is 6. The molecule has 3 rings (SSSR count). The van der Waals surface area contributed by atoms with Gasteiger partial charge >= 0.3 is 0 Å². The average molecular weight is 330 g/mol. The minimum atomic E-state index is 0.173. The third-order valence-corrected chi connectivity index (χ3v) is 4.99. The van der Waals surface area contributed by atoms with Crippen LogP contribution in [0.25, 0.3) is 0 Å². The van der Waals surface area contributed by atoms with Gasteiger partial charge in [-0.1, -0.05) is 13.8 Å². The summed E-state index contributed by atoms with van der Waals surface area (Å²) in [6.07, 6.45) is 4.87. The molecule has 0 bridgehead atoms. The Hall–Kier alpha value is -1.55. The van der Waals surface area contributed by atoms with Crippen LogP contribution in [0.5, 0.6) is 5.75 Å². The smallest absolute Gasteiger partial charge is 0.254 e. The zero-order valence-electron chi connectivity index (χ0n) is 15.0. The van der Waals surface area contributed by atoms with Gasteiger partial charge in [-0.3, -0.25) is 4.79 Å². The van der Waals surface area contributed by atoms with E-state index < -0.39 is 0 Å². The highest BCUT2D eigenvalue weighted by Crippen LogP contribution is 2.23. The van der Waals surface area contributed by atoms with Gasteiger partial charge in [-0.25, -0.2) is 0 Å². The standard InChI is InChI=1S/C20H30N2O2/c1-16(2)15-24-19-9-7-17(8-10-19)20(23)22-13-5-6-18(22)14-21-11-3-4-12-21/h7-10,16,18H,3-6,11-15H2,1-2H3. The summed E-state index contributed by atoms with van der Waals surface area (Å²) in [7, 11) is 0. The normalized spacial score (nSPS) is 21.6. The summed E-state index contributed by atoms with van der Waals surface area (Å²) in [5.74, 6) is 1.52. The molecule has 132 valence electrons. The van der Waals surface area contributed by atoms with Crippen molar-refractivity contribution < 1.29 is 9.53 Å². The molecular weight excluding hydrogens is 300 g/mol. The maximum absolute atomic E-state index is 12.9. The number of hydrogen-bond acceptors (Lipinski definition) is 3. The first-order chi connectivity index (χ1) is 11.6. The average Bonchev–Trinajstić information content (AvgIpc) is 3.25. The van der Waals surface area contributed by atoms with Crippen molar-refractivity contribution in [3.8, 4) is 5.75 Å². The summed E-state index contributed by atoms with van der Waals surface area (Å²) < 4.78 is 5.71. The molecule has 2 aliphatic heterocycles. The molecule has 0 N–H and O–H groups in total. The lowest BCUT2D eigenvalue weighted by atomic mass is 10.1. The second kappa shape index (κ2) is 8.02. The SMILES string of the molecule is CC(C)COc1ccc(C(=O)N2CCCC2CN2CCCC2)cc1. The topological polar surface area (TPSA) is 32.8 Å². The Labute approximate surface area is 145 Å². The largest absolute Gasteiger partial charge is 0.493 e. The number of carbonyl (C=O) groups excluding carboxylic acids is 1. The summed E-state index contributed by atoms with van der Waals surface area (Å²) in [6, 6.07) is 8.03. The number of hydrogen-bond donors (Lipinski definition) is 0. The van der Waals surface area contributed by atoms with Crippen LogP contribution in [0.2, 0.25) is 0 Å². The molecule has 4 nitrogen and oxygen atoms in total. The van der Waals surface area contributed by atoms with Gasteiger partial charge in [0.15, 0.2) is 0 Å². The molecule has 1 aromatic rings. The van der Waals surface area contributed by atoms with Crippen molar-refractivity contribution >= 4 is 5.91 Å². The molecule has 1 atom stereocenters. The van der Waals surface area contributed by atoms with Crippen molar-refractivity contribution in [1.82, 2.24) is 9.80 Å². The molecule has 0 radical (unpaired) electrons. The molecule has 2 saturated heterocycles. The van der Waals surface area contributed by atoms with Crippen LogP contribution >= 0.6 is 0 Å². The van der Waals surface area contributed by atoms with Crippen molar-refractivity contribution in [1.29, 1.82) is 0 Å². The minimum absolute atomic E-state index is 0.173. The molecule has 0 aromatic heterocycles. The Morgan fingerprint density at radius 3 is 2.50 bits per heavy atom. The highest BCUT2D eigenvalue weighted by Gasteiger charge is 2.31. The number of amides is 1. The lowest BCUT2D eigenvalue weighted by molar-refractivity contribution is 0.0708. The van der Waals surface area contributed by atoms with Gasteiger partial charge in [0.1, 0.15) is 5.75 Å². The second-order valence-corrected chi connectivity index (χ2v) is 7.53. The number of benzene rings is 1. The van der Waals surface area contributed by atoms with Crippen molar-refractivity contribution in [2.75, 3.05) is 32.8 Å². The van der Waals surface area contributed by atoms with Crippen molar-refractivity contribution in [2.45, 2.75) is 45.6 Å². The van der Waals surface area contributed by atoms with E-state index in [1.54, 1.807) is 0 Å². The number of likely N-dealkylation sites (tertiary alicyclic amines) is 2. The third-order valence-electron chi connectivity index (χ3n) is 4.99.